The molecular formula is C15H17N3O5. The number of nitrogens with zero attached hydrogens (tertiary/aromatic N) is 2. The Labute approximate surface area is 133 Å². The van der Waals surface area contributed by atoms with Gasteiger partial charge in [0.2, 0.25) is 0 Å². The normalized spacial score (nSPS) is 10.6. The molecule has 0 saturated carbocycles. The first-order valence-electron chi connectivity index (χ1n) is 6.65. The molecule has 0 radical (unpaired) electrons. The molecule has 122 valence electrons. The highest BCUT2D eigenvalue weighted by molar-refractivity contribution is 5.93. The molecule has 0 unspecified atom stereocenters. The summed E-state index contributed by atoms with van der Waals surface area (Å²) in [5.74, 6) is 1.65. The van der Waals surface area contributed by atoms with Gasteiger partial charge in [0.1, 0.15) is 11.5 Å². The van der Waals surface area contributed by atoms with Gasteiger partial charge in [-0.3, -0.25) is 4.79 Å². The second-order valence-electron chi connectivity index (χ2n) is 4.47. The van der Waals surface area contributed by atoms with Gasteiger partial charge in [-0.15, -0.1) is 0 Å². The van der Waals surface area contributed by atoms with Crippen LogP contribution in [0.1, 0.15) is 21.8 Å². The Morgan fingerprint density at radius 1 is 1.13 bits per heavy atom. The highest BCUT2D eigenvalue weighted by Gasteiger charge is 2.12. The van der Waals surface area contributed by atoms with Gasteiger partial charge in [0.15, 0.2) is 17.2 Å². The summed E-state index contributed by atoms with van der Waals surface area (Å²) in [6, 6.07) is 4.87. The lowest BCUT2D eigenvalue weighted by molar-refractivity contribution is 0.0946. The average Bonchev–Trinajstić information content (AvgIpc) is 3.00. The predicted octanol–water partition coefficient (Wildman–Crippen LogP) is 1.77. The van der Waals surface area contributed by atoms with Crippen LogP contribution in [0.3, 0.4) is 0 Å². The van der Waals surface area contributed by atoms with Gasteiger partial charge in [-0.2, -0.15) is 5.10 Å². The number of methoxy groups -OCH3 is 3. The molecule has 0 aliphatic rings. The van der Waals surface area contributed by atoms with Crippen LogP contribution in [-0.4, -0.2) is 38.6 Å². The smallest absolute Gasteiger partial charge is 0.293 e. The van der Waals surface area contributed by atoms with Crippen molar-refractivity contribution in [2.75, 3.05) is 21.3 Å². The minimum Gasteiger partial charge on any atom is -0.496 e. The zero-order chi connectivity index (χ0) is 16.8. The Morgan fingerprint density at radius 2 is 1.78 bits per heavy atom. The van der Waals surface area contributed by atoms with E-state index in [1.54, 1.807) is 19.1 Å². The molecule has 0 bridgehead atoms. The molecule has 0 spiro atoms. The number of ether oxygens (including phenoxy) is 3. The fourth-order valence-corrected chi connectivity index (χ4v) is 1.84. The Morgan fingerprint density at radius 3 is 2.35 bits per heavy atom. The molecule has 0 aliphatic heterocycles. The van der Waals surface area contributed by atoms with Crippen LogP contribution in [0.5, 0.6) is 17.2 Å². The van der Waals surface area contributed by atoms with E-state index in [-0.39, 0.29) is 5.69 Å². The van der Waals surface area contributed by atoms with Crippen molar-refractivity contribution >= 4 is 12.1 Å². The summed E-state index contributed by atoms with van der Waals surface area (Å²) in [5, 5.41) is 7.49. The molecule has 0 saturated heterocycles. The van der Waals surface area contributed by atoms with Crippen molar-refractivity contribution in [3.05, 3.63) is 35.2 Å². The van der Waals surface area contributed by atoms with Crippen molar-refractivity contribution < 1.29 is 23.5 Å². The van der Waals surface area contributed by atoms with Crippen LogP contribution in [0.25, 0.3) is 0 Å². The maximum absolute atomic E-state index is 11.8. The molecule has 1 aromatic heterocycles. The lowest BCUT2D eigenvalue weighted by Gasteiger charge is -2.11. The van der Waals surface area contributed by atoms with Crippen molar-refractivity contribution in [2.45, 2.75) is 6.92 Å². The van der Waals surface area contributed by atoms with Crippen molar-refractivity contribution in [3.8, 4) is 17.2 Å². The van der Waals surface area contributed by atoms with Crippen LogP contribution in [0.15, 0.2) is 27.8 Å². The molecule has 8 heteroatoms. The number of hydrazone groups is 1. The first kappa shape index (κ1) is 16.3. The van der Waals surface area contributed by atoms with Gasteiger partial charge >= 0.3 is 0 Å². The van der Waals surface area contributed by atoms with E-state index in [0.29, 0.717) is 28.6 Å². The summed E-state index contributed by atoms with van der Waals surface area (Å²) in [5.41, 5.74) is 3.12. The summed E-state index contributed by atoms with van der Waals surface area (Å²) < 4.78 is 20.5. The Balaban J connectivity index is 2.16. The van der Waals surface area contributed by atoms with Gasteiger partial charge in [0, 0.05) is 17.7 Å². The van der Waals surface area contributed by atoms with Crippen LogP contribution in [0.2, 0.25) is 0 Å². The van der Waals surface area contributed by atoms with E-state index in [1.165, 1.54) is 33.6 Å². The molecule has 1 heterocycles. The van der Waals surface area contributed by atoms with Gasteiger partial charge in [-0.1, -0.05) is 5.16 Å². The number of rotatable bonds is 6. The average molecular weight is 319 g/mol. The fourth-order valence-electron chi connectivity index (χ4n) is 1.84. The third-order valence-electron chi connectivity index (χ3n) is 2.97. The van der Waals surface area contributed by atoms with E-state index in [2.05, 4.69) is 15.7 Å². The first-order chi connectivity index (χ1) is 11.1. The van der Waals surface area contributed by atoms with Crippen molar-refractivity contribution in [3.63, 3.8) is 0 Å². The first-order valence-corrected chi connectivity index (χ1v) is 6.65. The van der Waals surface area contributed by atoms with Crippen LogP contribution in [-0.2, 0) is 0 Å². The van der Waals surface area contributed by atoms with Crippen LogP contribution < -0.4 is 19.6 Å². The number of hydrogen-bond donors (Lipinski definition) is 1. The fraction of sp³-hybridized carbons (Fsp3) is 0.267. The van der Waals surface area contributed by atoms with Gasteiger partial charge in [-0.25, -0.2) is 5.43 Å². The van der Waals surface area contributed by atoms with E-state index < -0.39 is 5.91 Å². The Kier molecular flexibility index (Phi) is 5.19. The van der Waals surface area contributed by atoms with Crippen molar-refractivity contribution in [2.24, 2.45) is 5.10 Å². The molecule has 2 rings (SSSR count). The van der Waals surface area contributed by atoms with Crippen molar-refractivity contribution in [1.29, 1.82) is 0 Å². The van der Waals surface area contributed by atoms with Gasteiger partial charge < -0.3 is 18.7 Å². The molecule has 0 atom stereocenters. The molecular weight excluding hydrogens is 302 g/mol. The molecule has 0 aliphatic carbocycles. The molecule has 8 nitrogen and oxygen atoms in total. The highest BCUT2D eigenvalue weighted by atomic mass is 16.5. The maximum atomic E-state index is 11.8. The van der Waals surface area contributed by atoms with E-state index in [9.17, 15) is 4.79 Å². The Bertz CT molecular complexity index is 724. The standard InChI is InChI=1S/C15H17N3O5/c1-9-5-11(18-23-9)15(19)17-16-8-10-6-13(21-3)14(22-4)7-12(10)20-2/h5-8H,1-4H3,(H,17,19). The number of nitrogens with one attached hydrogen (secondary N) is 1. The van der Waals surface area contributed by atoms with E-state index >= 15 is 0 Å². The van der Waals surface area contributed by atoms with E-state index in [0.717, 1.165) is 0 Å². The van der Waals surface area contributed by atoms with Crippen molar-refractivity contribution in [1.82, 2.24) is 10.6 Å². The monoisotopic (exact) mass is 319 g/mol. The molecule has 1 aromatic carbocycles. The molecule has 23 heavy (non-hydrogen) atoms. The lowest BCUT2D eigenvalue weighted by atomic mass is 10.2. The quantitative estimate of drug-likeness (QED) is 0.644. The zero-order valence-electron chi connectivity index (χ0n) is 13.2. The van der Waals surface area contributed by atoms with E-state index in [4.69, 9.17) is 18.7 Å². The van der Waals surface area contributed by atoms with Crippen LogP contribution in [0.4, 0.5) is 0 Å². The third kappa shape index (κ3) is 3.79. The highest BCUT2D eigenvalue weighted by Crippen LogP contribution is 2.33. The Hall–Kier alpha value is -3.03. The number of benzene rings is 1. The number of amides is 1. The summed E-state index contributed by atoms with van der Waals surface area (Å²) >= 11 is 0. The van der Waals surface area contributed by atoms with Crippen LogP contribution in [0, 0.1) is 6.92 Å². The maximum Gasteiger partial charge on any atom is 0.293 e. The summed E-state index contributed by atoms with van der Waals surface area (Å²) in [7, 11) is 4.58. The van der Waals surface area contributed by atoms with Gasteiger partial charge in [0.05, 0.1) is 27.5 Å². The number of aryl methyl sites for hydroxylation is 1. The number of hydrogen-bond acceptors (Lipinski definition) is 7. The largest absolute Gasteiger partial charge is 0.496 e. The lowest BCUT2D eigenvalue weighted by Crippen LogP contribution is -2.17. The second kappa shape index (κ2) is 7.30. The number of carbonyl (C=O) groups is 1. The van der Waals surface area contributed by atoms with Crippen LogP contribution >= 0.6 is 0 Å². The molecule has 1 amide bonds. The summed E-state index contributed by atoms with van der Waals surface area (Å²) in [4.78, 5) is 11.8. The third-order valence-corrected chi connectivity index (χ3v) is 2.97. The molecule has 2 aromatic rings. The summed E-state index contributed by atoms with van der Waals surface area (Å²) in [6.45, 7) is 1.70. The topological polar surface area (TPSA) is 95.2 Å². The minimum absolute atomic E-state index is 0.152. The summed E-state index contributed by atoms with van der Waals surface area (Å²) in [6.07, 6.45) is 1.44. The second-order valence-corrected chi connectivity index (χ2v) is 4.47. The predicted molar refractivity (Wildman–Crippen MR) is 82.4 cm³/mol. The minimum atomic E-state index is -0.474. The van der Waals surface area contributed by atoms with Gasteiger partial charge in [-0.05, 0) is 13.0 Å². The van der Waals surface area contributed by atoms with E-state index in [1.807, 2.05) is 0 Å². The zero-order valence-corrected chi connectivity index (χ0v) is 13.2. The molecule has 1 N–H and O–H groups in total. The molecule has 0 fully saturated rings. The number of carbonyl (C=O) groups excluding carboxylic acids is 1. The number of aromatic nitrogens is 1. The SMILES string of the molecule is COc1cc(OC)c(OC)cc1C=NNC(=O)c1cc(C)on1. The van der Waals surface area contributed by atoms with Gasteiger partial charge in [0.25, 0.3) is 5.91 Å².